The van der Waals surface area contributed by atoms with Crippen molar-refractivity contribution in [1.82, 2.24) is 9.97 Å². The van der Waals surface area contributed by atoms with Gasteiger partial charge in [0.2, 0.25) is 5.89 Å². The number of anilines is 1. The molecular weight excluding hydrogens is 312 g/mol. The van der Waals surface area contributed by atoms with E-state index in [0.717, 1.165) is 38.3 Å². The highest BCUT2D eigenvalue weighted by molar-refractivity contribution is 6.20. The predicted octanol–water partition coefficient (Wildman–Crippen LogP) is 4.48. The van der Waals surface area contributed by atoms with E-state index in [9.17, 15) is 0 Å². The fourth-order valence-corrected chi connectivity index (χ4v) is 3.24. The lowest BCUT2D eigenvalue weighted by Crippen LogP contribution is -2.09. The van der Waals surface area contributed by atoms with Crippen LogP contribution >= 0.6 is 0 Å². The zero-order valence-corrected chi connectivity index (χ0v) is 13.2. The van der Waals surface area contributed by atoms with Crippen LogP contribution in [0.5, 0.6) is 0 Å². The lowest BCUT2D eigenvalue weighted by molar-refractivity contribution is 0.620. The highest BCUT2D eigenvalue weighted by atomic mass is 16.3. The van der Waals surface area contributed by atoms with Crippen molar-refractivity contribution in [2.24, 2.45) is 5.84 Å². The van der Waals surface area contributed by atoms with E-state index in [2.05, 4.69) is 10.4 Å². The molecule has 0 amide bonds. The second-order valence-corrected chi connectivity index (χ2v) is 5.84. The van der Waals surface area contributed by atoms with Crippen molar-refractivity contribution < 1.29 is 4.42 Å². The van der Waals surface area contributed by atoms with Crippen LogP contribution in [-0.2, 0) is 0 Å². The van der Waals surface area contributed by atoms with E-state index < -0.39 is 0 Å². The molecular formula is C20H14N4O. The second kappa shape index (κ2) is 5.29. The highest BCUT2D eigenvalue weighted by Gasteiger charge is 2.15. The van der Waals surface area contributed by atoms with Gasteiger partial charge in [0.25, 0.3) is 0 Å². The van der Waals surface area contributed by atoms with Crippen molar-refractivity contribution in [3.8, 4) is 11.5 Å². The molecule has 2 heterocycles. The number of pyridine rings is 1. The number of nitrogen functional groups attached to an aromatic ring is 1. The number of hydrogen-bond acceptors (Lipinski definition) is 5. The number of nitrogens with zero attached hydrogens (tertiary/aromatic N) is 2. The van der Waals surface area contributed by atoms with Crippen LogP contribution in [0, 0.1) is 0 Å². The van der Waals surface area contributed by atoms with E-state index in [-0.39, 0.29) is 0 Å². The summed E-state index contributed by atoms with van der Waals surface area (Å²) in [6.45, 7) is 0. The van der Waals surface area contributed by atoms with Crippen molar-refractivity contribution in [2.45, 2.75) is 0 Å². The quantitative estimate of drug-likeness (QED) is 0.284. The number of aromatic nitrogens is 2. The first-order valence-corrected chi connectivity index (χ1v) is 7.99. The molecule has 0 saturated heterocycles. The minimum atomic E-state index is 0.603. The number of rotatable bonds is 2. The fourth-order valence-electron chi connectivity index (χ4n) is 3.24. The molecule has 0 aliphatic carbocycles. The smallest absolute Gasteiger partial charge is 0.227 e. The monoisotopic (exact) mass is 326 g/mol. The van der Waals surface area contributed by atoms with Gasteiger partial charge in [-0.25, -0.2) is 15.8 Å². The average molecular weight is 326 g/mol. The number of fused-ring (bicyclic) bond motifs is 5. The van der Waals surface area contributed by atoms with E-state index in [1.54, 1.807) is 0 Å². The summed E-state index contributed by atoms with van der Waals surface area (Å²) in [5.41, 5.74) is 6.06. The number of hydrogen-bond donors (Lipinski definition) is 2. The predicted molar refractivity (Wildman–Crippen MR) is 100 cm³/mol. The Morgan fingerprint density at radius 2 is 1.60 bits per heavy atom. The number of para-hydroxylation sites is 1. The Balaban J connectivity index is 1.94. The molecule has 0 unspecified atom stereocenters. The van der Waals surface area contributed by atoms with Crippen LogP contribution in [0.1, 0.15) is 0 Å². The van der Waals surface area contributed by atoms with Crippen molar-refractivity contribution in [2.75, 3.05) is 5.43 Å². The molecule has 0 aliphatic rings. The Morgan fingerprint density at radius 1 is 0.800 bits per heavy atom. The molecule has 0 atom stereocenters. The number of benzene rings is 3. The maximum Gasteiger partial charge on any atom is 0.227 e. The first-order valence-electron chi connectivity index (χ1n) is 7.99. The lowest BCUT2D eigenvalue weighted by atomic mass is 10.0. The average Bonchev–Trinajstić information content (AvgIpc) is 3.12. The Labute approximate surface area is 143 Å². The van der Waals surface area contributed by atoms with Crippen molar-refractivity contribution >= 4 is 38.6 Å². The van der Waals surface area contributed by atoms with Gasteiger partial charge < -0.3 is 9.84 Å². The number of nitrogens with one attached hydrogen (secondary N) is 1. The standard InChI is InChI=1S/C20H14N4O/c21-24-19-14-10-11-16-18(17(14)13-8-4-5-9-15(13)22-19)23-20(25-16)12-6-2-1-3-7-12/h1-11H,21H2,(H,22,24). The minimum Gasteiger partial charge on any atom is -0.436 e. The van der Waals surface area contributed by atoms with Crippen molar-refractivity contribution in [3.05, 3.63) is 66.7 Å². The first kappa shape index (κ1) is 13.9. The van der Waals surface area contributed by atoms with Crippen LogP contribution in [0.2, 0.25) is 0 Å². The molecule has 0 saturated carbocycles. The Bertz CT molecular complexity index is 1230. The van der Waals surface area contributed by atoms with Gasteiger partial charge in [-0.3, -0.25) is 0 Å². The molecule has 0 spiro atoms. The summed E-state index contributed by atoms with van der Waals surface area (Å²) in [5.74, 6) is 6.92. The maximum atomic E-state index is 6.00. The molecule has 5 heteroatoms. The van der Waals surface area contributed by atoms with Crippen LogP contribution in [0.4, 0.5) is 5.82 Å². The van der Waals surface area contributed by atoms with Gasteiger partial charge in [-0.15, -0.1) is 0 Å². The van der Waals surface area contributed by atoms with E-state index in [1.807, 2.05) is 66.7 Å². The van der Waals surface area contributed by atoms with Crippen LogP contribution in [0.15, 0.2) is 71.1 Å². The van der Waals surface area contributed by atoms with Crippen LogP contribution < -0.4 is 11.3 Å². The van der Waals surface area contributed by atoms with E-state index in [0.29, 0.717) is 11.7 Å². The Hall–Kier alpha value is -3.44. The molecule has 5 rings (SSSR count). The molecule has 120 valence electrons. The Morgan fingerprint density at radius 3 is 2.44 bits per heavy atom. The van der Waals surface area contributed by atoms with Crippen molar-refractivity contribution in [3.63, 3.8) is 0 Å². The second-order valence-electron chi connectivity index (χ2n) is 5.84. The largest absolute Gasteiger partial charge is 0.436 e. The molecule has 0 bridgehead atoms. The van der Waals surface area contributed by atoms with Crippen LogP contribution in [0.25, 0.3) is 44.2 Å². The van der Waals surface area contributed by atoms with Gasteiger partial charge >= 0.3 is 0 Å². The van der Waals surface area contributed by atoms with E-state index in [4.69, 9.17) is 15.2 Å². The Kier molecular flexibility index (Phi) is 2.95. The minimum absolute atomic E-state index is 0.603. The van der Waals surface area contributed by atoms with Gasteiger partial charge in [0, 0.05) is 21.7 Å². The third kappa shape index (κ3) is 2.07. The fraction of sp³-hybridized carbons (Fsp3) is 0. The van der Waals surface area contributed by atoms with Gasteiger partial charge in [0.15, 0.2) is 5.58 Å². The molecule has 0 aliphatic heterocycles. The molecule has 0 fully saturated rings. The third-order valence-corrected chi connectivity index (χ3v) is 4.38. The molecule has 5 aromatic rings. The summed E-state index contributed by atoms with van der Waals surface area (Å²) >= 11 is 0. The SMILES string of the molecule is NNc1nc2ccccc2c2c1ccc1oc(-c3ccccc3)nc12. The van der Waals surface area contributed by atoms with E-state index in [1.165, 1.54) is 0 Å². The highest BCUT2D eigenvalue weighted by Crippen LogP contribution is 2.36. The van der Waals surface area contributed by atoms with Gasteiger partial charge in [0.1, 0.15) is 11.3 Å². The summed E-state index contributed by atoms with van der Waals surface area (Å²) in [7, 11) is 0. The number of hydrazine groups is 1. The number of nitrogens with two attached hydrogens (primary N) is 1. The summed E-state index contributed by atoms with van der Waals surface area (Å²) in [6.07, 6.45) is 0. The summed E-state index contributed by atoms with van der Waals surface area (Å²) in [5, 5.41) is 2.93. The number of oxazole rings is 1. The zero-order valence-electron chi connectivity index (χ0n) is 13.2. The summed E-state index contributed by atoms with van der Waals surface area (Å²) < 4.78 is 6.00. The summed E-state index contributed by atoms with van der Waals surface area (Å²) in [6, 6.07) is 21.7. The van der Waals surface area contributed by atoms with Crippen LogP contribution in [0.3, 0.4) is 0 Å². The van der Waals surface area contributed by atoms with E-state index >= 15 is 0 Å². The molecule has 2 aromatic heterocycles. The van der Waals surface area contributed by atoms with Gasteiger partial charge in [-0.2, -0.15) is 0 Å². The van der Waals surface area contributed by atoms with Gasteiger partial charge in [0.05, 0.1) is 5.52 Å². The molecule has 3 aromatic carbocycles. The maximum absolute atomic E-state index is 6.00. The topological polar surface area (TPSA) is 77.0 Å². The molecule has 0 radical (unpaired) electrons. The summed E-state index contributed by atoms with van der Waals surface area (Å²) in [4.78, 5) is 9.37. The van der Waals surface area contributed by atoms with Crippen LogP contribution in [-0.4, -0.2) is 9.97 Å². The third-order valence-electron chi connectivity index (χ3n) is 4.38. The van der Waals surface area contributed by atoms with Gasteiger partial charge in [-0.1, -0.05) is 36.4 Å². The normalized spacial score (nSPS) is 11.4. The molecule has 5 nitrogen and oxygen atoms in total. The lowest BCUT2D eigenvalue weighted by Gasteiger charge is -2.08. The molecule has 3 N–H and O–H groups in total. The van der Waals surface area contributed by atoms with Crippen molar-refractivity contribution in [1.29, 1.82) is 0 Å². The first-order chi connectivity index (χ1) is 12.3. The molecule has 25 heavy (non-hydrogen) atoms. The van der Waals surface area contributed by atoms with Gasteiger partial charge in [-0.05, 0) is 30.3 Å². The zero-order chi connectivity index (χ0) is 16.8.